The minimum absolute atomic E-state index is 0.611. The van der Waals surface area contributed by atoms with E-state index in [-0.39, 0.29) is 0 Å². The Morgan fingerprint density at radius 2 is 2.20 bits per heavy atom. The zero-order valence-electron chi connectivity index (χ0n) is 12.0. The first-order chi connectivity index (χ1) is 9.83. The standard InChI is InChI=1S/C16H22N4/c1-12-5-4-10-19(12)16-14(11-17-13-7-8-13)20-9-3-2-6-15(20)18-16/h2-3,6,9,12-13,17H,4-5,7-8,10-11H2,1H3. The third-order valence-electron chi connectivity index (χ3n) is 4.57. The van der Waals surface area contributed by atoms with Crippen molar-refractivity contribution in [3.8, 4) is 0 Å². The maximum Gasteiger partial charge on any atom is 0.152 e. The van der Waals surface area contributed by atoms with Gasteiger partial charge in [-0.3, -0.25) is 0 Å². The van der Waals surface area contributed by atoms with Crippen molar-refractivity contribution in [2.45, 2.75) is 51.2 Å². The summed E-state index contributed by atoms with van der Waals surface area (Å²) in [6.07, 6.45) is 7.35. The van der Waals surface area contributed by atoms with Gasteiger partial charge in [-0.15, -0.1) is 0 Å². The fourth-order valence-corrected chi connectivity index (χ4v) is 3.20. The predicted molar refractivity (Wildman–Crippen MR) is 81.1 cm³/mol. The predicted octanol–water partition coefficient (Wildman–Crippen LogP) is 2.58. The molecule has 1 saturated carbocycles. The average Bonchev–Trinajstić information content (AvgIpc) is 3.08. The maximum absolute atomic E-state index is 4.89. The van der Waals surface area contributed by atoms with Crippen LogP contribution < -0.4 is 10.2 Å². The molecule has 1 aliphatic heterocycles. The van der Waals surface area contributed by atoms with Crippen molar-refractivity contribution in [2.75, 3.05) is 11.4 Å². The summed E-state index contributed by atoms with van der Waals surface area (Å²) in [5.41, 5.74) is 2.38. The number of fused-ring (bicyclic) bond motifs is 1. The van der Waals surface area contributed by atoms with E-state index in [2.05, 4.69) is 45.9 Å². The minimum Gasteiger partial charge on any atom is -0.352 e. The van der Waals surface area contributed by atoms with Crippen molar-refractivity contribution in [3.05, 3.63) is 30.1 Å². The molecule has 4 rings (SSSR count). The maximum atomic E-state index is 4.89. The topological polar surface area (TPSA) is 32.6 Å². The highest BCUT2D eigenvalue weighted by molar-refractivity contribution is 5.57. The second-order valence-electron chi connectivity index (χ2n) is 6.15. The van der Waals surface area contributed by atoms with Crippen LogP contribution in [0.4, 0.5) is 5.82 Å². The normalized spacial score (nSPS) is 22.9. The van der Waals surface area contributed by atoms with Crippen LogP contribution in [0.25, 0.3) is 5.65 Å². The van der Waals surface area contributed by atoms with Crippen LogP contribution in [0.2, 0.25) is 0 Å². The minimum atomic E-state index is 0.611. The molecule has 1 aliphatic carbocycles. The van der Waals surface area contributed by atoms with E-state index in [0.29, 0.717) is 6.04 Å². The summed E-state index contributed by atoms with van der Waals surface area (Å²) >= 11 is 0. The van der Waals surface area contributed by atoms with Gasteiger partial charge < -0.3 is 14.6 Å². The van der Waals surface area contributed by atoms with Crippen LogP contribution in [0.5, 0.6) is 0 Å². The number of hydrogen-bond donors (Lipinski definition) is 1. The van der Waals surface area contributed by atoms with E-state index in [1.54, 1.807) is 0 Å². The first-order valence-electron chi connectivity index (χ1n) is 7.79. The summed E-state index contributed by atoms with van der Waals surface area (Å²) in [6, 6.07) is 7.60. The fourth-order valence-electron chi connectivity index (χ4n) is 3.20. The Hall–Kier alpha value is -1.55. The molecule has 3 heterocycles. The summed E-state index contributed by atoms with van der Waals surface area (Å²) in [4.78, 5) is 7.38. The Bertz CT molecular complexity index is 614. The number of anilines is 1. The average molecular weight is 270 g/mol. The molecular weight excluding hydrogens is 248 g/mol. The molecule has 2 aromatic rings. The van der Waals surface area contributed by atoms with Crippen LogP contribution in [0, 0.1) is 0 Å². The van der Waals surface area contributed by atoms with Gasteiger partial charge >= 0.3 is 0 Å². The molecule has 2 aromatic heterocycles. The van der Waals surface area contributed by atoms with Gasteiger partial charge in [0.15, 0.2) is 5.82 Å². The molecule has 1 unspecified atom stereocenters. The van der Waals surface area contributed by atoms with E-state index in [1.165, 1.54) is 37.2 Å². The van der Waals surface area contributed by atoms with Crippen molar-refractivity contribution in [2.24, 2.45) is 0 Å². The molecule has 1 atom stereocenters. The van der Waals surface area contributed by atoms with Crippen LogP contribution in [-0.4, -0.2) is 28.0 Å². The molecule has 20 heavy (non-hydrogen) atoms. The molecule has 0 spiro atoms. The molecule has 0 aromatic carbocycles. The molecule has 0 amide bonds. The largest absolute Gasteiger partial charge is 0.352 e. The van der Waals surface area contributed by atoms with E-state index in [9.17, 15) is 0 Å². The lowest BCUT2D eigenvalue weighted by Crippen LogP contribution is -2.29. The number of nitrogens with one attached hydrogen (secondary N) is 1. The Labute approximate surface area is 119 Å². The summed E-state index contributed by atoms with van der Waals surface area (Å²) in [5, 5.41) is 3.64. The van der Waals surface area contributed by atoms with Crippen LogP contribution in [0.1, 0.15) is 38.3 Å². The zero-order chi connectivity index (χ0) is 13.5. The quantitative estimate of drug-likeness (QED) is 0.927. The Morgan fingerprint density at radius 1 is 1.30 bits per heavy atom. The van der Waals surface area contributed by atoms with Gasteiger partial charge in [-0.05, 0) is 44.7 Å². The molecule has 2 fully saturated rings. The first-order valence-corrected chi connectivity index (χ1v) is 7.79. The number of hydrogen-bond acceptors (Lipinski definition) is 3. The van der Waals surface area contributed by atoms with Crippen LogP contribution in [0.15, 0.2) is 24.4 Å². The van der Waals surface area contributed by atoms with Crippen LogP contribution in [-0.2, 0) is 6.54 Å². The van der Waals surface area contributed by atoms with Gasteiger partial charge in [0.25, 0.3) is 0 Å². The molecule has 4 heteroatoms. The van der Waals surface area contributed by atoms with Gasteiger partial charge in [0.1, 0.15) is 5.65 Å². The van der Waals surface area contributed by atoms with Gasteiger partial charge in [0.05, 0.1) is 5.69 Å². The second-order valence-corrected chi connectivity index (χ2v) is 6.15. The number of nitrogens with zero attached hydrogens (tertiary/aromatic N) is 3. The van der Waals surface area contributed by atoms with Crippen molar-refractivity contribution < 1.29 is 0 Å². The van der Waals surface area contributed by atoms with Crippen molar-refractivity contribution in [3.63, 3.8) is 0 Å². The highest BCUT2D eigenvalue weighted by Crippen LogP contribution is 2.29. The summed E-state index contributed by atoms with van der Waals surface area (Å²) < 4.78 is 2.25. The number of rotatable bonds is 4. The van der Waals surface area contributed by atoms with Crippen molar-refractivity contribution >= 4 is 11.5 Å². The molecule has 2 aliphatic rings. The molecule has 0 bridgehead atoms. The molecule has 4 nitrogen and oxygen atoms in total. The SMILES string of the molecule is CC1CCCN1c1nc2ccccn2c1CNC1CC1. The molecule has 1 N–H and O–H groups in total. The van der Waals surface area contributed by atoms with Gasteiger partial charge in [-0.25, -0.2) is 4.98 Å². The lowest BCUT2D eigenvalue weighted by Gasteiger charge is -2.22. The first kappa shape index (κ1) is 12.2. The van der Waals surface area contributed by atoms with Crippen LogP contribution in [0.3, 0.4) is 0 Å². The smallest absolute Gasteiger partial charge is 0.152 e. The second kappa shape index (κ2) is 4.77. The Balaban J connectivity index is 1.74. The zero-order valence-corrected chi connectivity index (χ0v) is 12.0. The van der Waals surface area contributed by atoms with Crippen molar-refractivity contribution in [1.29, 1.82) is 0 Å². The number of pyridine rings is 1. The highest BCUT2D eigenvalue weighted by atomic mass is 15.3. The monoisotopic (exact) mass is 270 g/mol. The van der Waals surface area contributed by atoms with Crippen molar-refractivity contribution in [1.82, 2.24) is 14.7 Å². The highest BCUT2D eigenvalue weighted by Gasteiger charge is 2.27. The van der Waals surface area contributed by atoms with E-state index in [1.807, 2.05) is 0 Å². The van der Waals surface area contributed by atoms with E-state index < -0.39 is 0 Å². The fraction of sp³-hybridized carbons (Fsp3) is 0.562. The number of aromatic nitrogens is 2. The molecule has 0 radical (unpaired) electrons. The summed E-state index contributed by atoms with van der Waals surface area (Å²) in [7, 11) is 0. The Kier molecular flexibility index (Phi) is 2.91. The lowest BCUT2D eigenvalue weighted by atomic mass is 10.2. The molecular formula is C16H22N4. The van der Waals surface area contributed by atoms with E-state index >= 15 is 0 Å². The van der Waals surface area contributed by atoms with Crippen LogP contribution >= 0.6 is 0 Å². The van der Waals surface area contributed by atoms with Gasteiger partial charge in [0, 0.05) is 31.4 Å². The third-order valence-corrected chi connectivity index (χ3v) is 4.57. The van der Waals surface area contributed by atoms with E-state index in [4.69, 9.17) is 4.98 Å². The Morgan fingerprint density at radius 3 is 2.95 bits per heavy atom. The third kappa shape index (κ3) is 2.08. The van der Waals surface area contributed by atoms with Gasteiger partial charge in [-0.2, -0.15) is 0 Å². The van der Waals surface area contributed by atoms with E-state index in [0.717, 1.165) is 24.8 Å². The molecule has 1 saturated heterocycles. The number of imidazole rings is 1. The summed E-state index contributed by atoms with van der Waals surface area (Å²) in [5.74, 6) is 1.19. The van der Waals surface area contributed by atoms with Gasteiger partial charge in [-0.1, -0.05) is 6.07 Å². The summed E-state index contributed by atoms with van der Waals surface area (Å²) in [6.45, 7) is 4.38. The molecule has 106 valence electrons. The lowest BCUT2D eigenvalue weighted by molar-refractivity contribution is 0.661. The van der Waals surface area contributed by atoms with Gasteiger partial charge in [0.2, 0.25) is 0 Å².